The summed E-state index contributed by atoms with van der Waals surface area (Å²) < 4.78 is 4.32. The van der Waals surface area contributed by atoms with Gasteiger partial charge in [0, 0.05) is 123 Å². The number of aliphatic imine (C=N–C) groups is 4. The van der Waals surface area contributed by atoms with Crippen LogP contribution in [0.4, 0.5) is 0 Å². The van der Waals surface area contributed by atoms with Crippen LogP contribution >= 0.6 is 22.7 Å². The van der Waals surface area contributed by atoms with Gasteiger partial charge >= 0.3 is 84.3 Å². The van der Waals surface area contributed by atoms with Gasteiger partial charge in [-0.15, -0.1) is 80.3 Å². The van der Waals surface area contributed by atoms with Crippen molar-refractivity contribution >= 4 is 56.7 Å². The van der Waals surface area contributed by atoms with E-state index in [1.807, 2.05) is 85.7 Å². The number of rotatable bonds is 4. The molecule has 8 aliphatic rings. The van der Waals surface area contributed by atoms with Gasteiger partial charge in [0.25, 0.3) is 0 Å². The van der Waals surface area contributed by atoms with Crippen molar-refractivity contribution in [3.05, 3.63) is 428 Å². The van der Waals surface area contributed by atoms with Crippen LogP contribution < -0.4 is 0 Å². The summed E-state index contributed by atoms with van der Waals surface area (Å²) in [5.41, 5.74) is 31.5. The molecule has 2 unspecified atom stereocenters. The third-order valence-corrected chi connectivity index (χ3v) is 32.3. The Labute approximate surface area is 925 Å². The molecule has 0 saturated heterocycles. The molecule has 14 nitrogen and oxygen atoms in total. The third kappa shape index (κ3) is 18.8. The van der Waals surface area contributed by atoms with Crippen LogP contribution in [0.5, 0.6) is 0 Å². The van der Waals surface area contributed by atoms with Gasteiger partial charge in [-0.1, -0.05) is 274 Å². The molecule has 740 valence electrons. The monoisotopic (exact) mass is 2670 g/mol. The first kappa shape index (κ1) is 106. The molecule has 20 heteroatoms. The van der Waals surface area contributed by atoms with Crippen molar-refractivity contribution in [3.8, 4) is 78.7 Å². The Morgan fingerprint density at radius 1 is 0.288 bits per heavy atom. The molecule has 0 aliphatic carbocycles. The summed E-state index contributed by atoms with van der Waals surface area (Å²) in [5.74, 6) is 1.98. The molecule has 0 amide bonds. The summed E-state index contributed by atoms with van der Waals surface area (Å²) in [7, 11) is 0. The van der Waals surface area contributed by atoms with E-state index in [1.54, 1.807) is 22.7 Å². The molecule has 8 aromatic heterocycles. The molecule has 16 heterocycles. The number of fused-ring (bicyclic) bond motifs is 36. The molecule has 24 rings (SSSR count). The third-order valence-electron chi connectivity index (χ3n) is 30.0. The molecule has 32 bridgehead atoms. The molecule has 8 aromatic carbocycles. The first-order valence-corrected chi connectivity index (χ1v) is 50.8. The Hall–Kier alpha value is -11.6. The van der Waals surface area contributed by atoms with Crippen molar-refractivity contribution in [1.82, 2.24) is 49.0 Å². The Morgan fingerprint density at radius 2 is 0.603 bits per heavy atom. The summed E-state index contributed by atoms with van der Waals surface area (Å²) in [5, 5.41) is 6.41. The average Bonchev–Trinajstić information content (AvgIpc) is 1.57. The minimum atomic E-state index is -0.518. The molecule has 0 fully saturated rings. The summed E-state index contributed by atoms with van der Waals surface area (Å²) in [6, 6.07) is 101. The van der Waals surface area contributed by atoms with E-state index in [9.17, 15) is 0 Å². The van der Waals surface area contributed by atoms with Crippen molar-refractivity contribution in [1.29, 1.82) is 0 Å². The maximum Gasteiger partial charge on any atom is 2.00 e. The van der Waals surface area contributed by atoms with Crippen LogP contribution in [0.3, 0.4) is 0 Å². The van der Waals surface area contributed by atoms with E-state index in [2.05, 4.69) is 413 Å². The molecule has 0 spiro atoms. The predicted octanol–water partition coefficient (Wildman–Crippen LogP) is 28.8. The van der Waals surface area contributed by atoms with Crippen molar-refractivity contribution in [2.24, 2.45) is 42.6 Å². The Balaban J connectivity index is 0.000000133. The number of imidazole rings is 2. The number of thiazole rings is 2. The van der Waals surface area contributed by atoms with Gasteiger partial charge in [-0.2, -0.15) is 84.9 Å². The molecular formula is C126H114N14Pt4S2. The summed E-state index contributed by atoms with van der Waals surface area (Å²) in [6.45, 7) is 48.9. The van der Waals surface area contributed by atoms with Crippen LogP contribution in [0.2, 0.25) is 0 Å². The summed E-state index contributed by atoms with van der Waals surface area (Å²) >= 11 is 3.39. The summed E-state index contributed by atoms with van der Waals surface area (Å²) in [4.78, 5) is 60.7. The zero-order valence-corrected chi connectivity index (χ0v) is 96.8. The average molecular weight is 2670 g/mol. The molecular weight excluding hydrogens is 2550 g/mol. The van der Waals surface area contributed by atoms with Crippen LogP contribution in [0, 0.1) is 71.2 Å². The number of para-hydroxylation sites is 2. The quantitative estimate of drug-likeness (QED) is 0.157. The van der Waals surface area contributed by atoms with Crippen molar-refractivity contribution < 1.29 is 84.3 Å². The minimum absolute atomic E-state index is 0. The number of benzene rings is 8. The molecule has 2 atom stereocenters. The van der Waals surface area contributed by atoms with E-state index >= 15 is 0 Å². The van der Waals surface area contributed by atoms with Crippen molar-refractivity contribution in [3.63, 3.8) is 0 Å². The van der Waals surface area contributed by atoms with E-state index in [1.165, 1.54) is 22.3 Å². The van der Waals surface area contributed by atoms with Gasteiger partial charge in [0.2, 0.25) is 0 Å². The normalized spacial score (nSPS) is 18.7. The maximum absolute atomic E-state index is 5.59. The number of nitrogens with zero attached hydrogens (tertiary/aromatic N) is 14. The van der Waals surface area contributed by atoms with Gasteiger partial charge in [0.15, 0.2) is 0 Å². The van der Waals surface area contributed by atoms with Crippen LogP contribution in [-0.4, -0.2) is 71.9 Å². The molecule has 146 heavy (non-hydrogen) atoms. The standard InChI is InChI=1S/C40H36N2.C34H28N6.C28H30N4.C24H20N2S2.4Pt/c1-25-33(27-15-9-7-10-16-27)35-36-34(28-17-11-8-12-18-28)26(2)38(42-36)40(5,6)32-22-14-20-30(24-32)29-19-13-21-31(23-29)39(3,4)37(25)41-35;1-33(2)25-15-23(17-35-19-25)24-16-26(20-36-18-24)34(3,4)32-38-30(22-40(32)28-13-9-6-10-14-28)29-21-39(31(33)37-29)27-11-7-5-8-12-27;1-25(2)15-19-20-16-26(3,4)24(32-20)28(7,8)22-14-18(10-12-30-22)17-9-11-29-21(13-17)27(5,6)23(25)31-19;1-23(2)17-9-5-7-15(11-17)16-8-6-10-18(12-16)24(3,4)22-26-20(14-28-22)19-13-27-21(23)25-19;;;;/h7-22,25-26H,1-6H3;5-14,17-22H,1-4H3;9-12,15-16H,1-8H3;5-10,13-14H,1-4H3;;;;/q4*-2;4*+2. The van der Waals surface area contributed by atoms with Gasteiger partial charge in [-0.05, 0) is 82.5 Å². The molecule has 0 saturated carbocycles. The number of allylic oxidation sites excluding steroid dienone is 4. The smallest absolute Gasteiger partial charge is 0.369 e. The molecule has 0 radical (unpaired) electrons. The fraction of sp³-hybridized carbons (Fsp3) is 0.270. The van der Waals surface area contributed by atoms with Crippen molar-refractivity contribution in [2.45, 2.75) is 196 Å². The first-order chi connectivity index (χ1) is 67.7. The van der Waals surface area contributed by atoms with E-state index in [4.69, 9.17) is 49.9 Å². The second-order valence-corrected chi connectivity index (χ2v) is 45.5. The van der Waals surface area contributed by atoms with E-state index in [-0.39, 0.29) is 129 Å². The van der Waals surface area contributed by atoms with Gasteiger partial charge in [-0.3, -0.25) is 41.1 Å². The second kappa shape index (κ2) is 39.8. The number of hydrogen-bond acceptors (Lipinski definition) is 14. The fourth-order valence-corrected chi connectivity index (χ4v) is 23.6. The van der Waals surface area contributed by atoms with E-state index < -0.39 is 21.7 Å². The number of aromatic nitrogens is 10. The largest absolute Gasteiger partial charge is 2.00 e. The fourth-order valence-electron chi connectivity index (χ4n) is 21.7. The van der Waals surface area contributed by atoms with Crippen LogP contribution in [0.25, 0.3) is 89.8 Å². The second-order valence-electron chi connectivity index (χ2n) is 43.8. The number of hydrogen-bond donors (Lipinski definition) is 0. The Kier molecular flexibility index (Phi) is 28.8. The zero-order chi connectivity index (χ0) is 99.3. The predicted molar refractivity (Wildman–Crippen MR) is 578 cm³/mol. The topological polar surface area (TPSA) is 162 Å². The van der Waals surface area contributed by atoms with Crippen molar-refractivity contribution in [2.75, 3.05) is 0 Å². The Bertz CT molecular complexity index is 7540. The molecule has 16 aromatic rings. The van der Waals surface area contributed by atoms with Gasteiger partial charge in [0.1, 0.15) is 44.4 Å². The SMILES string of the molecule is CC1(C)C=C2N=C1C(C)(C)c1[c-]c(ccn1)-c1[c-]c(ncc1)C(C)(C)C1=NC2=CC1(C)C.CC1(C)c2[c-]c(ccc2)-c2[c-]c(ccc2)C(C)(C)c2nc(cs2)-c2csc1n2.CC1(C)c2[c-]c(cnc2)-c2[c-]c(cnc2)C(C)(C)c2nc(cn2-c2ccccc2)-c2cn(-c3ccccc3)c1n2.CC1C2=NC(=C1c1ccccc1)C1=C(c3ccccc3)C(C)C(=N1)C(C)(C)c1[c-]c(ccc1)-c1[c-]c(ccc1)C2(C)C.[Pt+2].[Pt+2].[Pt+2].[Pt+2]. The van der Waals surface area contributed by atoms with Crippen LogP contribution in [0.15, 0.2) is 322 Å². The number of pyridine rings is 4. The van der Waals surface area contributed by atoms with E-state index in [0.29, 0.717) is 0 Å². The molecule has 0 N–H and O–H groups in total. The van der Waals surface area contributed by atoms with Gasteiger partial charge in [0.05, 0.1) is 22.8 Å². The van der Waals surface area contributed by atoms with E-state index in [0.717, 1.165) is 191 Å². The summed E-state index contributed by atoms with van der Waals surface area (Å²) in [6.07, 6.45) is 19.8. The van der Waals surface area contributed by atoms with Gasteiger partial charge < -0.3 is 19.1 Å². The Morgan fingerprint density at radius 3 is 0.945 bits per heavy atom. The van der Waals surface area contributed by atoms with Crippen LogP contribution in [-0.2, 0) is 128 Å². The maximum atomic E-state index is 5.59. The van der Waals surface area contributed by atoms with Gasteiger partial charge in [-0.25, -0.2) is 77.6 Å². The van der Waals surface area contributed by atoms with Crippen LogP contribution in [0.1, 0.15) is 230 Å². The first-order valence-electron chi connectivity index (χ1n) is 49.0. The zero-order valence-electron chi connectivity index (χ0n) is 86.1. The molecule has 8 aliphatic heterocycles. The minimum Gasteiger partial charge on any atom is -0.369 e.